The van der Waals surface area contributed by atoms with E-state index in [4.69, 9.17) is 10.5 Å². The number of benzene rings is 2. The third-order valence-electron chi connectivity index (χ3n) is 4.78. The molecule has 1 fully saturated rings. The second kappa shape index (κ2) is 8.54. The summed E-state index contributed by atoms with van der Waals surface area (Å²) in [5.41, 5.74) is 7.23. The van der Waals surface area contributed by atoms with E-state index in [1.807, 2.05) is 54.6 Å². The monoisotopic (exact) mass is 364 g/mol. The number of nitrogens with two attached hydrogens (primary N) is 1. The van der Waals surface area contributed by atoms with Gasteiger partial charge in [0.15, 0.2) is 0 Å². The Bertz CT molecular complexity index is 815. The van der Waals surface area contributed by atoms with Crippen molar-refractivity contribution >= 4 is 17.4 Å². The van der Waals surface area contributed by atoms with Gasteiger partial charge in [-0.1, -0.05) is 36.9 Å². The number of para-hydroxylation sites is 1. The summed E-state index contributed by atoms with van der Waals surface area (Å²) in [5.74, 6) is 1.06. The van der Waals surface area contributed by atoms with Crippen LogP contribution >= 0.6 is 0 Å². The number of nitrogens with zero attached hydrogens (tertiary/aromatic N) is 1. The highest BCUT2D eigenvalue weighted by Crippen LogP contribution is 2.26. The summed E-state index contributed by atoms with van der Waals surface area (Å²) in [6, 6.07) is 16.8. The van der Waals surface area contributed by atoms with E-state index in [1.54, 1.807) is 4.90 Å². The third-order valence-corrected chi connectivity index (χ3v) is 4.78. The molecule has 0 bridgehead atoms. The average molecular weight is 364 g/mol. The fourth-order valence-corrected chi connectivity index (χ4v) is 3.29. The van der Waals surface area contributed by atoms with Crippen molar-refractivity contribution in [3.63, 3.8) is 0 Å². The van der Waals surface area contributed by atoms with Crippen molar-refractivity contribution in [3.8, 4) is 11.5 Å². The number of primary amides is 1. The van der Waals surface area contributed by atoms with E-state index in [-0.39, 0.29) is 5.91 Å². The largest absolute Gasteiger partial charge is 0.457 e. The lowest BCUT2D eigenvalue weighted by molar-refractivity contribution is -0.137. The molecule has 27 heavy (non-hydrogen) atoms. The van der Waals surface area contributed by atoms with Gasteiger partial charge in [-0.3, -0.25) is 9.59 Å². The van der Waals surface area contributed by atoms with Crippen molar-refractivity contribution in [2.24, 2.45) is 5.73 Å². The molecule has 1 aliphatic heterocycles. The Hall–Kier alpha value is -3.08. The Balaban J connectivity index is 1.53. The lowest BCUT2D eigenvalue weighted by atomic mass is 10.0. The van der Waals surface area contributed by atoms with Crippen molar-refractivity contribution in [1.29, 1.82) is 0 Å². The van der Waals surface area contributed by atoms with E-state index in [0.717, 1.165) is 29.1 Å². The quantitative estimate of drug-likeness (QED) is 0.813. The molecule has 0 aliphatic carbocycles. The number of amides is 2. The van der Waals surface area contributed by atoms with Crippen LogP contribution in [0.3, 0.4) is 0 Å². The summed E-state index contributed by atoms with van der Waals surface area (Å²) < 4.78 is 5.78. The molecule has 1 aliphatic rings. The van der Waals surface area contributed by atoms with Gasteiger partial charge >= 0.3 is 0 Å². The molecule has 3 rings (SSSR count). The second-order valence-electron chi connectivity index (χ2n) is 6.69. The molecule has 1 atom stereocenters. The maximum atomic E-state index is 12.4. The number of rotatable bonds is 7. The normalized spacial score (nSPS) is 16.1. The molecular weight excluding hydrogens is 340 g/mol. The molecule has 1 unspecified atom stereocenters. The SMILES string of the molecule is C=C(CCC(=O)N1CCCC1C(N)=O)c1ccc(Oc2ccccc2)cc1. The summed E-state index contributed by atoms with van der Waals surface area (Å²) in [7, 11) is 0. The summed E-state index contributed by atoms with van der Waals surface area (Å²) in [6.07, 6.45) is 2.35. The summed E-state index contributed by atoms with van der Waals surface area (Å²) in [6.45, 7) is 4.69. The molecule has 0 radical (unpaired) electrons. The Labute approximate surface area is 159 Å². The van der Waals surface area contributed by atoms with Crippen LogP contribution in [0.15, 0.2) is 61.2 Å². The van der Waals surface area contributed by atoms with Gasteiger partial charge in [0, 0.05) is 13.0 Å². The molecule has 2 aromatic carbocycles. The molecule has 1 saturated heterocycles. The molecule has 2 N–H and O–H groups in total. The van der Waals surface area contributed by atoms with Crippen LogP contribution in [0.25, 0.3) is 5.57 Å². The smallest absolute Gasteiger partial charge is 0.240 e. The van der Waals surface area contributed by atoms with Gasteiger partial charge in [0.2, 0.25) is 11.8 Å². The number of hydrogen-bond donors (Lipinski definition) is 1. The molecule has 0 aromatic heterocycles. The van der Waals surface area contributed by atoms with Gasteiger partial charge in [-0.25, -0.2) is 0 Å². The van der Waals surface area contributed by atoms with Crippen molar-refractivity contribution in [3.05, 3.63) is 66.7 Å². The first-order chi connectivity index (χ1) is 13.0. The Morgan fingerprint density at radius 3 is 2.37 bits per heavy atom. The minimum atomic E-state index is -0.458. The number of likely N-dealkylation sites (tertiary alicyclic amines) is 1. The Morgan fingerprint density at radius 1 is 1.04 bits per heavy atom. The van der Waals surface area contributed by atoms with Crippen LogP contribution < -0.4 is 10.5 Å². The van der Waals surface area contributed by atoms with Crippen LogP contribution in [-0.4, -0.2) is 29.3 Å². The number of allylic oxidation sites excluding steroid dienone is 1. The van der Waals surface area contributed by atoms with Gasteiger partial charge in [0.25, 0.3) is 0 Å². The molecule has 2 amide bonds. The minimum absolute atomic E-state index is 0.0403. The second-order valence-corrected chi connectivity index (χ2v) is 6.69. The molecular formula is C22H24N2O3. The lowest BCUT2D eigenvalue weighted by Gasteiger charge is -2.22. The molecule has 1 heterocycles. The number of ether oxygens (including phenoxy) is 1. The van der Waals surface area contributed by atoms with Crippen LogP contribution in [-0.2, 0) is 9.59 Å². The maximum Gasteiger partial charge on any atom is 0.240 e. The van der Waals surface area contributed by atoms with Crippen LogP contribution in [0.4, 0.5) is 0 Å². The van der Waals surface area contributed by atoms with Gasteiger partial charge in [-0.15, -0.1) is 0 Å². The number of carbonyl (C=O) groups excluding carboxylic acids is 2. The van der Waals surface area contributed by atoms with Crippen molar-refractivity contribution in [1.82, 2.24) is 4.90 Å². The Kier molecular flexibility index (Phi) is 5.91. The fraction of sp³-hybridized carbons (Fsp3) is 0.273. The molecule has 2 aromatic rings. The first-order valence-corrected chi connectivity index (χ1v) is 9.14. The van der Waals surface area contributed by atoms with Crippen LogP contribution in [0.5, 0.6) is 11.5 Å². The van der Waals surface area contributed by atoms with Gasteiger partial charge in [0.05, 0.1) is 0 Å². The third kappa shape index (κ3) is 4.76. The molecule has 140 valence electrons. The van der Waals surface area contributed by atoms with Crippen molar-refractivity contribution in [2.75, 3.05) is 6.54 Å². The van der Waals surface area contributed by atoms with Crippen LogP contribution in [0.1, 0.15) is 31.2 Å². The highest BCUT2D eigenvalue weighted by Gasteiger charge is 2.32. The maximum absolute atomic E-state index is 12.4. The highest BCUT2D eigenvalue weighted by atomic mass is 16.5. The summed E-state index contributed by atoms with van der Waals surface area (Å²) >= 11 is 0. The van der Waals surface area contributed by atoms with E-state index >= 15 is 0 Å². The number of carbonyl (C=O) groups is 2. The Morgan fingerprint density at radius 2 is 1.70 bits per heavy atom. The molecule has 0 saturated carbocycles. The molecule has 5 heteroatoms. The van der Waals surface area contributed by atoms with Crippen molar-refractivity contribution < 1.29 is 14.3 Å². The summed E-state index contributed by atoms with van der Waals surface area (Å²) in [4.78, 5) is 25.5. The molecule has 0 spiro atoms. The summed E-state index contributed by atoms with van der Waals surface area (Å²) in [5, 5.41) is 0. The highest BCUT2D eigenvalue weighted by molar-refractivity contribution is 5.87. The predicted molar refractivity (Wildman–Crippen MR) is 105 cm³/mol. The van der Waals surface area contributed by atoms with Gasteiger partial charge in [0.1, 0.15) is 17.5 Å². The van der Waals surface area contributed by atoms with Gasteiger partial charge < -0.3 is 15.4 Å². The first-order valence-electron chi connectivity index (χ1n) is 9.14. The molecule has 5 nitrogen and oxygen atoms in total. The predicted octanol–water partition coefficient (Wildman–Crippen LogP) is 3.75. The van der Waals surface area contributed by atoms with Gasteiger partial charge in [-0.05, 0) is 54.7 Å². The lowest BCUT2D eigenvalue weighted by Crippen LogP contribution is -2.43. The first kappa shape index (κ1) is 18.7. The standard InChI is InChI=1S/C22H24N2O3/c1-16(9-14-21(25)24-15-5-8-20(24)22(23)26)17-10-12-19(13-11-17)27-18-6-3-2-4-7-18/h2-4,6-7,10-13,20H,1,5,8-9,14-15H2,(H2,23,26). The topological polar surface area (TPSA) is 72.6 Å². The van der Waals surface area contributed by atoms with E-state index in [2.05, 4.69) is 6.58 Å². The minimum Gasteiger partial charge on any atom is -0.457 e. The zero-order valence-corrected chi connectivity index (χ0v) is 15.3. The van der Waals surface area contributed by atoms with E-state index in [9.17, 15) is 9.59 Å². The zero-order chi connectivity index (χ0) is 19.2. The van der Waals surface area contributed by atoms with E-state index in [1.165, 1.54) is 0 Å². The van der Waals surface area contributed by atoms with Crippen molar-refractivity contribution in [2.45, 2.75) is 31.7 Å². The zero-order valence-electron chi connectivity index (χ0n) is 15.3. The fourth-order valence-electron chi connectivity index (χ4n) is 3.29. The average Bonchev–Trinajstić information content (AvgIpc) is 3.17. The van der Waals surface area contributed by atoms with E-state index in [0.29, 0.717) is 25.8 Å². The van der Waals surface area contributed by atoms with Gasteiger partial charge in [-0.2, -0.15) is 0 Å². The van der Waals surface area contributed by atoms with Crippen LogP contribution in [0, 0.1) is 0 Å². The van der Waals surface area contributed by atoms with Crippen LogP contribution in [0.2, 0.25) is 0 Å². The van der Waals surface area contributed by atoms with E-state index < -0.39 is 11.9 Å². The number of hydrogen-bond acceptors (Lipinski definition) is 3.